The lowest BCUT2D eigenvalue weighted by molar-refractivity contribution is -0.134. The van der Waals surface area contributed by atoms with Crippen molar-refractivity contribution in [2.24, 2.45) is 5.73 Å². The van der Waals surface area contributed by atoms with Gasteiger partial charge in [-0.05, 0) is 26.2 Å². The number of thiocarbonyl (C=S) groups is 1. The Balaban J connectivity index is 2.38. The summed E-state index contributed by atoms with van der Waals surface area (Å²) in [5, 5.41) is 2.75. The molecule has 1 amide bonds. The molecule has 3 N–H and O–H groups in total. The SMILES string of the molecule is COC1(CC(=O)NC(C)C(N)=S)CCC1. The number of amides is 1. The third-order valence-electron chi connectivity index (χ3n) is 2.98. The second-order valence-corrected chi connectivity index (χ2v) is 4.58. The lowest BCUT2D eigenvalue weighted by atomic mass is 9.77. The monoisotopic (exact) mass is 230 g/mol. The summed E-state index contributed by atoms with van der Waals surface area (Å²) in [4.78, 5) is 11.9. The van der Waals surface area contributed by atoms with Crippen molar-refractivity contribution in [3.05, 3.63) is 0 Å². The van der Waals surface area contributed by atoms with Gasteiger partial charge in [-0.1, -0.05) is 12.2 Å². The normalized spacial score (nSPS) is 20.1. The molecule has 0 heterocycles. The first-order valence-electron chi connectivity index (χ1n) is 5.13. The average molecular weight is 230 g/mol. The predicted octanol–water partition coefficient (Wildman–Crippen LogP) is 0.736. The van der Waals surface area contributed by atoms with E-state index in [1.54, 1.807) is 14.0 Å². The van der Waals surface area contributed by atoms with Gasteiger partial charge in [0.1, 0.15) is 0 Å². The number of ether oxygens (including phenoxy) is 1. The molecule has 0 aromatic rings. The van der Waals surface area contributed by atoms with E-state index >= 15 is 0 Å². The summed E-state index contributed by atoms with van der Waals surface area (Å²) < 4.78 is 5.36. The quantitative estimate of drug-likeness (QED) is 0.684. The first kappa shape index (κ1) is 12.4. The first-order chi connectivity index (χ1) is 6.99. The number of methoxy groups -OCH3 is 1. The zero-order valence-corrected chi connectivity index (χ0v) is 10.0. The summed E-state index contributed by atoms with van der Waals surface area (Å²) in [6.45, 7) is 1.78. The Bertz CT molecular complexity index is 259. The van der Waals surface area contributed by atoms with Crippen molar-refractivity contribution in [2.75, 3.05) is 7.11 Å². The van der Waals surface area contributed by atoms with Gasteiger partial charge < -0.3 is 15.8 Å². The Morgan fingerprint density at radius 1 is 1.67 bits per heavy atom. The van der Waals surface area contributed by atoms with Crippen LogP contribution in [-0.2, 0) is 9.53 Å². The number of nitrogens with one attached hydrogen (secondary N) is 1. The fourth-order valence-corrected chi connectivity index (χ4v) is 1.74. The van der Waals surface area contributed by atoms with Crippen LogP contribution in [0.15, 0.2) is 0 Å². The molecule has 86 valence electrons. The Kier molecular flexibility index (Phi) is 4.04. The molecular formula is C10H18N2O2S. The molecule has 15 heavy (non-hydrogen) atoms. The highest BCUT2D eigenvalue weighted by atomic mass is 32.1. The number of carbonyl (C=O) groups excluding carboxylic acids is 1. The summed E-state index contributed by atoms with van der Waals surface area (Å²) in [5.74, 6) is -0.0446. The lowest BCUT2D eigenvalue weighted by Crippen LogP contribution is -2.47. The molecule has 0 saturated heterocycles. The largest absolute Gasteiger partial charge is 0.392 e. The summed E-state index contributed by atoms with van der Waals surface area (Å²) in [6, 6.07) is -0.249. The van der Waals surface area contributed by atoms with Crippen molar-refractivity contribution >= 4 is 23.1 Å². The van der Waals surface area contributed by atoms with Gasteiger partial charge in [-0.15, -0.1) is 0 Å². The molecule has 1 rings (SSSR count). The van der Waals surface area contributed by atoms with Crippen LogP contribution in [0.1, 0.15) is 32.6 Å². The summed E-state index contributed by atoms with van der Waals surface area (Å²) in [7, 11) is 1.66. The van der Waals surface area contributed by atoms with Gasteiger partial charge in [0.05, 0.1) is 23.1 Å². The molecule has 1 aliphatic rings. The van der Waals surface area contributed by atoms with E-state index in [1.807, 2.05) is 0 Å². The van der Waals surface area contributed by atoms with Crippen LogP contribution in [0.3, 0.4) is 0 Å². The third kappa shape index (κ3) is 3.14. The molecule has 0 spiro atoms. The van der Waals surface area contributed by atoms with Crippen molar-refractivity contribution in [3.8, 4) is 0 Å². The van der Waals surface area contributed by atoms with Gasteiger partial charge in [-0.3, -0.25) is 4.79 Å². The van der Waals surface area contributed by atoms with Crippen LogP contribution in [0.4, 0.5) is 0 Å². The number of hydrogen-bond acceptors (Lipinski definition) is 3. The first-order valence-corrected chi connectivity index (χ1v) is 5.54. The molecule has 1 aliphatic carbocycles. The number of rotatable bonds is 5. The molecule has 0 aliphatic heterocycles. The van der Waals surface area contributed by atoms with Crippen LogP contribution in [0.2, 0.25) is 0 Å². The van der Waals surface area contributed by atoms with Gasteiger partial charge in [-0.25, -0.2) is 0 Å². The number of hydrogen-bond donors (Lipinski definition) is 2. The van der Waals surface area contributed by atoms with E-state index in [-0.39, 0.29) is 17.6 Å². The molecule has 0 aromatic carbocycles. The number of carbonyl (C=O) groups is 1. The molecule has 1 unspecified atom stereocenters. The van der Waals surface area contributed by atoms with Gasteiger partial charge >= 0.3 is 0 Å². The van der Waals surface area contributed by atoms with Crippen molar-refractivity contribution in [1.29, 1.82) is 0 Å². The maximum atomic E-state index is 11.6. The minimum atomic E-state index is -0.249. The van der Waals surface area contributed by atoms with Gasteiger partial charge in [0.2, 0.25) is 5.91 Å². The van der Waals surface area contributed by atoms with Crippen LogP contribution in [0, 0.1) is 0 Å². The molecule has 0 aromatic heterocycles. The Morgan fingerprint density at radius 2 is 2.27 bits per heavy atom. The highest BCUT2D eigenvalue weighted by Gasteiger charge is 2.39. The lowest BCUT2D eigenvalue weighted by Gasteiger charge is -2.40. The van der Waals surface area contributed by atoms with Crippen LogP contribution >= 0.6 is 12.2 Å². The second kappa shape index (κ2) is 4.90. The van der Waals surface area contributed by atoms with Crippen molar-refractivity contribution in [1.82, 2.24) is 5.32 Å². The van der Waals surface area contributed by atoms with Crippen LogP contribution in [0.5, 0.6) is 0 Å². The highest BCUT2D eigenvalue weighted by molar-refractivity contribution is 7.80. The second-order valence-electron chi connectivity index (χ2n) is 4.11. The molecule has 5 heteroatoms. The van der Waals surface area contributed by atoms with Crippen LogP contribution in [-0.4, -0.2) is 29.6 Å². The van der Waals surface area contributed by atoms with E-state index in [0.717, 1.165) is 19.3 Å². The van der Waals surface area contributed by atoms with Gasteiger partial charge in [0, 0.05) is 7.11 Å². The minimum absolute atomic E-state index is 0.0446. The van der Waals surface area contributed by atoms with E-state index in [2.05, 4.69) is 5.32 Å². The van der Waals surface area contributed by atoms with Crippen molar-refractivity contribution < 1.29 is 9.53 Å². The summed E-state index contributed by atoms with van der Waals surface area (Å²) >= 11 is 4.78. The summed E-state index contributed by atoms with van der Waals surface area (Å²) in [6.07, 6.45) is 3.44. The Morgan fingerprint density at radius 3 is 2.60 bits per heavy atom. The van der Waals surface area contributed by atoms with Crippen molar-refractivity contribution in [3.63, 3.8) is 0 Å². The van der Waals surface area contributed by atoms with E-state index in [4.69, 9.17) is 22.7 Å². The van der Waals surface area contributed by atoms with Crippen LogP contribution < -0.4 is 11.1 Å². The molecule has 4 nitrogen and oxygen atoms in total. The number of nitrogens with two attached hydrogens (primary N) is 1. The zero-order valence-electron chi connectivity index (χ0n) is 9.21. The van der Waals surface area contributed by atoms with Crippen LogP contribution in [0.25, 0.3) is 0 Å². The van der Waals surface area contributed by atoms with E-state index in [9.17, 15) is 4.79 Å². The van der Waals surface area contributed by atoms with Crippen molar-refractivity contribution in [2.45, 2.75) is 44.2 Å². The van der Waals surface area contributed by atoms with Gasteiger partial charge in [0.15, 0.2) is 0 Å². The fraction of sp³-hybridized carbons (Fsp3) is 0.800. The fourth-order valence-electron chi connectivity index (χ4n) is 1.68. The standard InChI is InChI=1S/C10H18N2O2S/c1-7(9(11)15)12-8(13)6-10(14-2)4-3-5-10/h7H,3-6H2,1-2H3,(H2,11,15)(H,12,13). The van der Waals surface area contributed by atoms with E-state index < -0.39 is 0 Å². The third-order valence-corrected chi connectivity index (χ3v) is 3.34. The van der Waals surface area contributed by atoms with Gasteiger partial charge in [0.25, 0.3) is 0 Å². The topological polar surface area (TPSA) is 64.3 Å². The summed E-state index contributed by atoms with van der Waals surface area (Å²) in [5.41, 5.74) is 5.18. The predicted molar refractivity (Wildman–Crippen MR) is 62.6 cm³/mol. The Hall–Kier alpha value is -0.680. The maximum Gasteiger partial charge on any atom is 0.223 e. The molecule has 0 radical (unpaired) electrons. The maximum absolute atomic E-state index is 11.6. The van der Waals surface area contributed by atoms with Gasteiger partial charge in [-0.2, -0.15) is 0 Å². The average Bonchev–Trinajstić information content (AvgIpc) is 2.11. The zero-order chi connectivity index (χ0) is 11.5. The Labute approximate surface area is 95.5 Å². The smallest absolute Gasteiger partial charge is 0.223 e. The molecule has 1 fully saturated rings. The molecule has 0 bridgehead atoms. The molecular weight excluding hydrogens is 212 g/mol. The van der Waals surface area contributed by atoms with E-state index in [0.29, 0.717) is 11.4 Å². The molecule has 1 saturated carbocycles. The minimum Gasteiger partial charge on any atom is -0.392 e. The molecule has 1 atom stereocenters. The highest BCUT2D eigenvalue weighted by Crippen LogP contribution is 2.37. The van der Waals surface area contributed by atoms with E-state index in [1.165, 1.54) is 0 Å².